The summed E-state index contributed by atoms with van der Waals surface area (Å²) in [5.41, 5.74) is 7.20. The molecule has 0 unspecified atom stereocenters. The van der Waals surface area contributed by atoms with Crippen molar-refractivity contribution >= 4 is 17.6 Å². The summed E-state index contributed by atoms with van der Waals surface area (Å²) in [5, 5.41) is 2.79. The molecule has 7 nitrogen and oxygen atoms in total. The fourth-order valence-electron chi connectivity index (χ4n) is 2.23. The number of rotatable bonds is 4. The van der Waals surface area contributed by atoms with Gasteiger partial charge in [-0.3, -0.25) is 9.78 Å². The summed E-state index contributed by atoms with van der Waals surface area (Å²) in [4.78, 5) is 22.7. The molecule has 1 heterocycles. The first-order valence-electron chi connectivity index (χ1n) is 7.66. The van der Waals surface area contributed by atoms with Gasteiger partial charge in [-0.05, 0) is 48.5 Å². The third-order valence-electron chi connectivity index (χ3n) is 3.46. The van der Waals surface area contributed by atoms with Crippen LogP contribution in [0.3, 0.4) is 0 Å². The lowest BCUT2D eigenvalue weighted by Gasteiger charge is -2.06. The molecule has 3 rings (SSSR count). The maximum absolute atomic E-state index is 12.9. The quantitative estimate of drug-likeness (QED) is 0.494. The summed E-state index contributed by atoms with van der Waals surface area (Å²) >= 11 is 0. The Labute approximate surface area is 148 Å². The van der Waals surface area contributed by atoms with Crippen molar-refractivity contribution in [2.24, 2.45) is 10.7 Å². The topological polar surface area (TPSA) is 105 Å². The zero-order valence-electron chi connectivity index (χ0n) is 13.9. The van der Waals surface area contributed by atoms with Gasteiger partial charge >= 0.3 is 0 Å². The Balaban J connectivity index is 1.86. The van der Waals surface area contributed by atoms with Crippen LogP contribution in [-0.4, -0.2) is 23.0 Å². The standard InChI is InChI=1S/C18H16FN5O2/c1-26-14-8-2-11(3-9-14)15-10-16(25)23-18(22-15)24-17(20)21-13-6-4-12(19)5-7-13/h2-10H,1H3,(H4,20,21,22,23,24,25). The van der Waals surface area contributed by atoms with E-state index in [0.717, 1.165) is 5.56 Å². The van der Waals surface area contributed by atoms with Crippen molar-refractivity contribution in [3.05, 3.63) is 70.8 Å². The average molecular weight is 353 g/mol. The first-order valence-corrected chi connectivity index (χ1v) is 7.66. The van der Waals surface area contributed by atoms with Gasteiger partial charge in [0, 0.05) is 17.3 Å². The van der Waals surface area contributed by atoms with E-state index in [4.69, 9.17) is 10.5 Å². The van der Waals surface area contributed by atoms with E-state index in [0.29, 0.717) is 17.1 Å². The number of aliphatic imine (C=N–C) groups is 1. The van der Waals surface area contributed by atoms with Gasteiger partial charge in [0.1, 0.15) is 11.6 Å². The molecule has 2 aromatic carbocycles. The third-order valence-corrected chi connectivity index (χ3v) is 3.46. The molecule has 1 aromatic heterocycles. The lowest BCUT2D eigenvalue weighted by atomic mass is 10.1. The Morgan fingerprint density at radius 2 is 1.88 bits per heavy atom. The number of nitrogens with one attached hydrogen (secondary N) is 2. The minimum atomic E-state index is -0.362. The van der Waals surface area contributed by atoms with Gasteiger partial charge in [0.15, 0.2) is 0 Å². The molecule has 0 radical (unpaired) electrons. The summed E-state index contributed by atoms with van der Waals surface area (Å²) in [5.74, 6) is 0.399. The fraction of sp³-hybridized carbons (Fsp3) is 0.0556. The van der Waals surface area contributed by atoms with Gasteiger partial charge in [0.05, 0.1) is 12.8 Å². The largest absolute Gasteiger partial charge is 0.497 e. The number of anilines is 1. The molecule has 0 aliphatic rings. The van der Waals surface area contributed by atoms with Gasteiger partial charge < -0.3 is 15.8 Å². The molecule has 0 atom stereocenters. The molecule has 3 aromatic rings. The van der Waals surface area contributed by atoms with Crippen LogP contribution in [0.5, 0.6) is 5.75 Å². The predicted octanol–water partition coefficient (Wildman–Crippen LogP) is 2.64. The van der Waals surface area contributed by atoms with E-state index in [1.165, 1.54) is 30.3 Å². The minimum absolute atomic E-state index is 0.00615. The summed E-state index contributed by atoms with van der Waals surface area (Å²) in [7, 11) is 1.57. The van der Waals surface area contributed by atoms with E-state index in [2.05, 4.69) is 20.3 Å². The molecular formula is C18H16FN5O2. The van der Waals surface area contributed by atoms with Gasteiger partial charge in [0.25, 0.3) is 5.56 Å². The van der Waals surface area contributed by atoms with E-state index < -0.39 is 0 Å². The number of guanidine groups is 1. The van der Waals surface area contributed by atoms with Crippen molar-refractivity contribution in [3.63, 3.8) is 0 Å². The van der Waals surface area contributed by atoms with E-state index in [1.807, 2.05) is 0 Å². The van der Waals surface area contributed by atoms with Crippen LogP contribution < -0.4 is 21.3 Å². The van der Waals surface area contributed by atoms with Crippen LogP contribution in [0.4, 0.5) is 16.0 Å². The van der Waals surface area contributed by atoms with Crippen LogP contribution in [-0.2, 0) is 0 Å². The predicted molar refractivity (Wildman–Crippen MR) is 98.2 cm³/mol. The molecule has 0 saturated carbocycles. The summed E-state index contributed by atoms with van der Waals surface area (Å²) in [6, 6.07) is 14.1. The number of halogens is 1. The first kappa shape index (κ1) is 17.2. The number of H-pyrrole nitrogens is 1. The second-order valence-corrected chi connectivity index (χ2v) is 5.31. The zero-order chi connectivity index (χ0) is 18.5. The maximum Gasteiger partial charge on any atom is 0.252 e. The molecule has 0 aliphatic heterocycles. The number of nitrogens with zero attached hydrogens (tertiary/aromatic N) is 2. The number of aromatic nitrogens is 2. The molecule has 4 N–H and O–H groups in total. The first-order chi connectivity index (χ1) is 12.5. The van der Waals surface area contributed by atoms with Crippen molar-refractivity contribution in [3.8, 4) is 17.0 Å². The monoisotopic (exact) mass is 353 g/mol. The molecule has 0 amide bonds. The molecule has 0 aliphatic carbocycles. The van der Waals surface area contributed by atoms with Crippen molar-refractivity contribution in [1.29, 1.82) is 0 Å². The van der Waals surface area contributed by atoms with Gasteiger partial charge in [-0.25, -0.2) is 9.37 Å². The van der Waals surface area contributed by atoms with Gasteiger partial charge in [0.2, 0.25) is 11.9 Å². The lowest BCUT2D eigenvalue weighted by Crippen LogP contribution is -2.22. The number of ether oxygens (including phenoxy) is 1. The Bertz CT molecular complexity index is 982. The highest BCUT2D eigenvalue weighted by molar-refractivity contribution is 5.93. The van der Waals surface area contributed by atoms with Gasteiger partial charge in [-0.2, -0.15) is 4.99 Å². The van der Waals surface area contributed by atoms with Crippen molar-refractivity contribution in [1.82, 2.24) is 9.97 Å². The Morgan fingerprint density at radius 3 is 2.54 bits per heavy atom. The molecule has 132 valence electrons. The highest BCUT2D eigenvalue weighted by Gasteiger charge is 2.05. The van der Waals surface area contributed by atoms with Crippen LogP contribution in [0, 0.1) is 5.82 Å². The smallest absolute Gasteiger partial charge is 0.252 e. The van der Waals surface area contributed by atoms with E-state index >= 15 is 0 Å². The summed E-state index contributed by atoms with van der Waals surface area (Å²) < 4.78 is 18.0. The number of hydrogen-bond acceptors (Lipinski definition) is 4. The third kappa shape index (κ3) is 4.23. The Kier molecular flexibility index (Phi) is 4.93. The summed E-state index contributed by atoms with van der Waals surface area (Å²) in [6.07, 6.45) is 0. The Morgan fingerprint density at radius 1 is 1.19 bits per heavy atom. The fourth-order valence-corrected chi connectivity index (χ4v) is 2.23. The van der Waals surface area contributed by atoms with Crippen LogP contribution in [0.2, 0.25) is 0 Å². The molecule has 26 heavy (non-hydrogen) atoms. The van der Waals surface area contributed by atoms with Crippen LogP contribution in [0.15, 0.2) is 64.4 Å². The normalized spacial score (nSPS) is 11.2. The average Bonchev–Trinajstić information content (AvgIpc) is 2.63. The molecule has 0 saturated heterocycles. The molecule has 0 fully saturated rings. The lowest BCUT2D eigenvalue weighted by molar-refractivity contribution is 0.415. The second-order valence-electron chi connectivity index (χ2n) is 5.31. The number of methoxy groups -OCH3 is 1. The number of benzene rings is 2. The minimum Gasteiger partial charge on any atom is -0.497 e. The summed E-state index contributed by atoms with van der Waals surface area (Å²) in [6.45, 7) is 0. The van der Waals surface area contributed by atoms with E-state index in [-0.39, 0.29) is 23.3 Å². The molecular weight excluding hydrogens is 337 g/mol. The van der Waals surface area contributed by atoms with Crippen LogP contribution >= 0.6 is 0 Å². The number of nitrogens with two attached hydrogens (primary N) is 1. The highest BCUT2D eigenvalue weighted by Crippen LogP contribution is 2.20. The maximum atomic E-state index is 12.9. The van der Waals surface area contributed by atoms with E-state index in [9.17, 15) is 9.18 Å². The van der Waals surface area contributed by atoms with Gasteiger partial charge in [-0.15, -0.1) is 0 Å². The molecule has 0 bridgehead atoms. The molecule has 8 heteroatoms. The van der Waals surface area contributed by atoms with Crippen molar-refractivity contribution < 1.29 is 9.13 Å². The second kappa shape index (κ2) is 7.47. The van der Waals surface area contributed by atoms with Gasteiger partial charge in [-0.1, -0.05) is 0 Å². The number of aromatic amines is 1. The highest BCUT2D eigenvalue weighted by atomic mass is 19.1. The molecule has 0 spiro atoms. The zero-order valence-corrected chi connectivity index (χ0v) is 13.9. The van der Waals surface area contributed by atoms with Crippen molar-refractivity contribution in [2.75, 3.05) is 12.4 Å². The van der Waals surface area contributed by atoms with E-state index in [1.54, 1.807) is 31.4 Å². The van der Waals surface area contributed by atoms with Crippen LogP contribution in [0.1, 0.15) is 0 Å². The Hall–Kier alpha value is -3.68. The van der Waals surface area contributed by atoms with Crippen molar-refractivity contribution in [2.45, 2.75) is 0 Å². The SMILES string of the molecule is COc1ccc(-c2cc(=O)[nH]c(N=C(N)Nc3ccc(F)cc3)n2)cc1. The number of hydrogen-bond donors (Lipinski definition) is 3. The van der Waals surface area contributed by atoms with Crippen LogP contribution in [0.25, 0.3) is 11.3 Å².